The van der Waals surface area contributed by atoms with Crippen LogP contribution in [0, 0.1) is 0 Å². The first-order valence-electron chi connectivity index (χ1n) is 27.3. The quantitative estimate of drug-likeness (QED) is 0.0795. The molecular formula is C58H94B4F16N8O10Zn2. The summed E-state index contributed by atoms with van der Waals surface area (Å²) >= 11 is 0. The maximum absolute atomic E-state index is 12.0. The summed E-state index contributed by atoms with van der Waals surface area (Å²) in [6.45, 7) is 27.6. The summed E-state index contributed by atoms with van der Waals surface area (Å²) in [4.78, 5) is 2.30. The van der Waals surface area contributed by atoms with Crippen molar-refractivity contribution in [3.8, 4) is 0 Å². The minimum Gasteiger partial charge on any atom is -1.00 e. The van der Waals surface area contributed by atoms with Gasteiger partial charge in [-0.2, -0.15) is 0 Å². The molecule has 1 aromatic carbocycles. The summed E-state index contributed by atoms with van der Waals surface area (Å²) in [6, 6.07) is 8.04. The van der Waals surface area contributed by atoms with E-state index >= 15 is 0 Å². The topological polar surface area (TPSA) is 315 Å². The summed E-state index contributed by atoms with van der Waals surface area (Å²) in [7, 11) is -14.7. The Morgan fingerprint density at radius 1 is 0.429 bits per heavy atom. The minimum absolute atomic E-state index is 0. The van der Waals surface area contributed by atoms with Gasteiger partial charge in [0.25, 0.3) is 0 Å². The zero-order chi connectivity index (χ0) is 66.1. The van der Waals surface area contributed by atoms with Gasteiger partial charge in [0.1, 0.15) is 45.4 Å². The number of anilines is 1. The number of allylic oxidation sites excluding steroid dienone is 16. The van der Waals surface area contributed by atoms with Crippen LogP contribution in [0.3, 0.4) is 0 Å². The van der Waals surface area contributed by atoms with Crippen LogP contribution in [0.25, 0.3) is 5.76 Å². The number of halogens is 16. The van der Waals surface area contributed by atoms with Gasteiger partial charge >= 0.3 is 69.1 Å². The molecule has 40 heteroatoms. The number of benzene rings is 1. The van der Waals surface area contributed by atoms with Gasteiger partial charge in [-0.3, -0.25) is 51.8 Å². The monoisotopic (exact) mass is 1540 g/mol. The molecule has 98 heavy (non-hydrogen) atoms. The Bertz CT molecular complexity index is 2430. The first-order valence-corrected chi connectivity index (χ1v) is 27.3. The Morgan fingerprint density at radius 2 is 0.622 bits per heavy atom. The van der Waals surface area contributed by atoms with E-state index in [4.69, 9.17) is 36.1 Å². The number of ether oxygens (including phenoxy) is 4. The van der Waals surface area contributed by atoms with Crippen molar-refractivity contribution in [3.63, 3.8) is 0 Å². The first-order chi connectivity index (χ1) is 40.6. The molecular weight excluding hydrogens is 1450 g/mol. The zero-order valence-corrected chi connectivity index (χ0v) is 60.8. The number of rotatable bonds is 5. The Kier molecular flexibility index (Phi) is 71.9. The number of nitrogens with two attached hydrogens (primary N) is 3. The third-order valence-corrected chi connectivity index (χ3v) is 12.3. The summed E-state index contributed by atoms with van der Waals surface area (Å²) in [5, 5.41) is 45.8. The average Bonchev–Trinajstić information content (AvgIpc) is 0.872. The third-order valence-electron chi connectivity index (χ3n) is 12.3. The van der Waals surface area contributed by atoms with Crippen molar-refractivity contribution >= 4 is 58.8 Å². The molecule has 8 rings (SSSR count). The molecule has 3 aliphatic carbocycles. The number of hydrogen-bond acceptors (Lipinski definition) is 13. The second-order valence-electron chi connectivity index (χ2n) is 21.1. The smallest absolute Gasteiger partial charge is 1.00 e. The first kappa shape index (κ1) is 117. The maximum atomic E-state index is 12.0. The molecule has 18 nitrogen and oxygen atoms in total. The van der Waals surface area contributed by atoms with Gasteiger partial charge in [0, 0.05) is 77.4 Å². The van der Waals surface area contributed by atoms with Crippen molar-refractivity contribution in [3.05, 3.63) is 142 Å². The van der Waals surface area contributed by atoms with Crippen LogP contribution in [0.5, 0.6) is 0 Å². The van der Waals surface area contributed by atoms with Crippen LogP contribution >= 0.6 is 0 Å². The largest absolute Gasteiger partial charge is 2.00 e. The Balaban J connectivity index is -0.000000103. The number of aliphatic hydroxyl groups is 1. The van der Waals surface area contributed by atoms with Gasteiger partial charge in [0.2, 0.25) is 0 Å². The molecule has 0 aromatic heterocycles. The van der Waals surface area contributed by atoms with E-state index in [1.54, 1.807) is 41.5 Å². The van der Waals surface area contributed by atoms with Crippen LogP contribution in [0.1, 0.15) is 75.8 Å². The molecule has 554 valence electrons. The molecule has 14 N–H and O–H groups in total. The fraction of sp³-hybridized carbons (Fsp3) is 0.500. The van der Waals surface area contributed by atoms with E-state index < -0.39 is 46.8 Å². The van der Waals surface area contributed by atoms with Crippen molar-refractivity contribution in [2.45, 2.75) is 86.9 Å². The summed E-state index contributed by atoms with van der Waals surface area (Å²) in [5.74, 6) is 0.279. The van der Waals surface area contributed by atoms with Gasteiger partial charge in [0.15, 0.2) is 56.4 Å². The SMILES string of the molecule is C.C.CC(C)(N)C([O-])=C1C=CC(=[N+]2CCOCC2)C=C1.CC(C)(N)C([O-])=C1C=CC(=[N+]2CCOCC2)C=C1.CC(C)(N)C([O-])=C1C=CC(=[N+]2CCOCC2)C=C1.CC(C)=C(O)c1ccc(N2CCOCC2)cc1.FB(F)F.FB(F)F.FB(F)F.FB(F)F.N.O.O.[F-].[F-].[F-].[F-].[Zn+2].[Zn+2]. The molecule has 4 heterocycles. The van der Waals surface area contributed by atoms with E-state index in [0.29, 0.717) is 22.5 Å². The minimum atomic E-state index is -3.67. The molecule has 0 radical (unpaired) electrons. The molecule has 4 aliphatic heterocycles. The van der Waals surface area contributed by atoms with Crippen molar-refractivity contribution in [2.75, 3.05) is 110 Å². The molecule has 0 spiro atoms. The number of hydrogen-bond donors (Lipinski definition) is 5. The van der Waals surface area contributed by atoms with Gasteiger partial charge in [-0.1, -0.05) is 14.9 Å². The van der Waals surface area contributed by atoms with Crippen molar-refractivity contribution < 1.29 is 174 Å². The van der Waals surface area contributed by atoms with Crippen LogP contribution in [-0.4, -0.2) is 199 Å². The number of aliphatic hydroxyl groups excluding tert-OH is 1. The molecule has 0 amide bonds. The second kappa shape index (κ2) is 60.4. The van der Waals surface area contributed by atoms with Gasteiger partial charge in [-0.15, -0.1) is 17.3 Å². The van der Waals surface area contributed by atoms with Gasteiger partial charge in [0.05, 0.1) is 13.2 Å². The normalized spacial score (nSPS) is 15.1. The molecule has 1 aromatic rings. The average molecular weight is 1540 g/mol. The molecule has 0 bridgehead atoms. The molecule has 7 aliphatic rings. The predicted molar refractivity (Wildman–Crippen MR) is 341 cm³/mol. The molecule has 4 saturated heterocycles. The summed E-state index contributed by atoms with van der Waals surface area (Å²) < 4.78 is 144. The van der Waals surface area contributed by atoms with Crippen molar-refractivity contribution in [1.29, 1.82) is 0 Å². The van der Waals surface area contributed by atoms with Gasteiger partial charge < -0.3 is 97.4 Å². The number of nitrogens with zero attached hydrogens (tertiary/aromatic N) is 4. The molecule has 0 saturated carbocycles. The van der Waals surface area contributed by atoms with Gasteiger partial charge in [-0.25, -0.2) is 13.7 Å². The second-order valence-corrected chi connectivity index (χ2v) is 21.1. The van der Waals surface area contributed by atoms with Gasteiger partial charge in [-0.05, 0) is 138 Å². The van der Waals surface area contributed by atoms with Crippen molar-refractivity contribution in [1.82, 2.24) is 6.15 Å². The van der Waals surface area contributed by atoms with Crippen LogP contribution < -0.4 is 62.4 Å². The van der Waals surface area contributed by atoms with Crippen molar-refractivity contribution in [2.24, 2.45) is 17.2 Å². The molecule has 0 unspecified atom stereocenters. The van der Waals surface area contributed by atoms with E-state index in [0.717, 1.165) is 133 Å². The molecule has 0 atom stereocenters. The van der Waals surface area contributed by atoms with E-state index in [1.807, 2.05) is 98.9 Å². The van der Waals surface area contributed by atoms with E-state index in [2.05, 4.69) is 30.8 Å². The van der Waals surface area contributed by atoms with E-state index in [1.165, 1.54) is 5.69 Å². The summed E-state index contributed by atoms with van der Waals surface area (Å²) in [5.41, 5.74) is 23.4. The third kappa shape index (κ3) is 50.0. The van der Waals surface area contributed by atoms with E-state index in [-0.39, 0.29) is 107 Å². The maximum Gasteiger partial charge on any atom is 2.00 e. The predicted octanol–water partition coefficient (Wildman–Crippen LogP) is -6.01. The standard InChI is InChI=1S/3C14H20N2O2.C14H19NO2.2CH4.4BF3.4FH.H3N.2H2O.2Zn/c3*1-14(2,15)13(17)11-3-5-12(6-4-11)16-7-9-18-10-8-16;1-11(2)14(16)12-3-5-13(6-4-12)15-7-9-17-10-8-15;;;4*2-1(3)4;;;;;;;;;/h3*3-6H,7-10,15H2,1-2H3;3-6,16H,7-10H2,1-2H3;2*1H4;;;;;4*1H;1H3;2*1H2;;/q;;;;;;;;;;;;;;;;;2*+2/p-4. The Labute approximate surface area is 592 Å². The Hall–Kier alpha value is -5.38. The molecule has 4 fully saturated rings. The van der Waals surface area contributed by atoms with E-state index in [9.17, 15) is 72.2 Å². The summed E-state index contributed by atoms with van der Waals surface area (Å²) in [6.07, 6.45) is 23.0. The number of morpholine rings is 4. The van der Waals surface area contributed by atoms with Crippen LogP contribution in [0.4, 0.5) is 57.5 Å². The fourth-order valence-electron chi connectivity index (χ4n) is 7.99. The fourth-order valence-corrected chi connectivity index (χ4v) is 7.99. The van der Waals surface area contributed by atoms with Crippen LogP contribution in [0.2, 0.25) is 0 Å². The Morgan fingerprint density at radius 3 is 0.806 bits per heavy atom. The zero-order valence-electron chi connectivity index (χ0n) is 54.9. The van der Waals surface area contributed by atoms with Crippen LogP contribution in [-0.2, 0) is 57.9 Å². The van der Waals surface area contributed by atoms with Crippen LogP contribution in [0.15, 0.2) is 137 Å².